The standard InChI is InChI=1S/C14H20N2O4/c1-4-9-14(2,12(18)19)15-13(20)16(3)10-5-7-11(17)8-6-10/h5-8,17H,4,9H2,1-3H3,(H,15,20)(H,18,19). The van der Waals surface area contributed by atoms with Crippen molar-refractivity contribution in [1.82, 2.24) is 5.32 Å². The van der Waals surface area contributed by atoms with E-state index in [4.69, 9.17) is 0 Å². The summed E-state index contributed by atoms with van der Waals surface area (Å²) in [5.41, 5.74) is -0.735. The summed E-state index contributed by atoms with van der Waals surface area (Å²) in [5, 5.41) is 21.0. The van der Waals surface area contributed by atoms with Gasteiger partial charge in [0.25, 0.3) is 0 Å². The molecule has 0 radical (unpaired) electrons. The van der Waals surface area contributed by atoms with Crippen LogP contribution in [0.3, 0.4) is 0 Å². The molecule has 1 atom stereocenters. The van der Waals surface area contributed by atoms with Crippen LogP contribution < -0.4 is 10.2 Å². The molecule has 1 rings (SSSR count). The molecular weight excluding hydrogens is 260 g/mol. The zero-order valence-electron chi connectivity index (χ0n) is 11.9. The second-order valence-corrected chi connectivity index (χ2v) is 4.89. The van der Waals surface area contributed by atoms with Gasteiger partial charge in [0.1, 0.15) is 11.3 Å². The Labute approximate surface area is 118 Å². The summed E-state index contributed by atoms with van der Waals surface area (Å²) in [6, 6.07) is 5.57. The van der Waals surface area contributed by atoms with Crippen molar-refractivity contribution in [2.45, 2.75) is 32.2 Å². The Hall–Kier alpha value is -2.24. The van der Waals surface area contributed by atoms with E-state index in [9.17, 15) is 19.8 Å². The first-order chi connectivity index (χ1) is 9.30. The number of rotatable bonds is 5. The van der Waals surface area contributed by atoms with E-state index in [-0.39, 0.29) is 5.75 Å². The molecule has 1 aromatic carbocycles. The SMILES string of the molecule is CCCC(C)(NC(=O)N(C)c1ccc(O)cc1)C(=O)O. The van der Waals surface area contributed by atoms with Crippen molar-refractivity contribution < 1.29 is 19.8 Å². The zero-order valence-corrected chi connectivity index (χ0v) is 11.9. The van der Waals surface area contributed by atoms with E-state index < -0.39 is 17.5 Å². The third kappa shape index (κ3) is 3.63. The van der Waals surface area contributed by atoms with E-state index in [0.717, 1.165) is 0 Å². The van der Waals surface area contributed by atoms with Crippen LogP contribution in [-0.4, -0.2) is 34.8 Å². The summed E-state index contributed by atoms with van der Waals surface area (Å²) in [6.07, 6.45) is 0.990. The number of hydrogen-bond donors (Lipinski definition) is 3. The summed E-state index contributed by atoms with van der Waals surface area (Å²) >= 11 is 0. The Morgan fingerprint density at radius 2 is 1.85 bits per heavy atom. The topological polar surface area (TPSA) is 89.9 Å². The number of nitrogens with zero attached hydrogens (tertiary/aromatic N) is 1. The summed E-state index contributed by atoms with van der Waals surface area (Å²) < 4.78 is 0. The van der Waals surface area contributed by atoms with Crippen molar-refractivity contribution in [2.75, 3.05) is 11.9 Å². The van der Waals surface area contributed by atoms with Crippen molar-refractivity contribution in [2.24, 2.45) is 0 Å². The molecule has 20 heavy (non-hydrogen) atoms. The summed E-state index contributed by atoms with van der Waals surface area (Å²) in [6.45, 7) is 3.35. The number of carboxylic acids is 1. The van der Waals surface area contributed by atoms with E-state index in [0.29, 0.717) is 18.5 Å². The molecular formula is C14H20N2O4. The highest BCUT2D eigenvalue weighted by Crippen LogP contribution is 2.19. The number of aromatic hydroxyl groups is 1. The van der Waals surface area contributed by atoms with Crippen molar-refractivity contribution >= 4 is 17.7 Å². The first kappa shape index (κ1) is 15.8. The molecule has 0 bridgehead atoms. The lowest BCUT2D eigenvalue weighted by Crippen LogP contribution is -2.55. The highest BCUT2D eigenvalue weighted by molar-refractivity contribution is 5.95. The molecule has 1 aromatic rings. The Morgan fingerprint density at radius 3 is 2.30 bits per heavy atom. The van der Waals surface area contributed by atoms with Crippen LogP contribution in [-0.2, 0) is 4.79 Å². The fraction of sp³-hybridized carbons (Fsp3) is 0.429. The number of benzene rings is 1. The van der Waals surface area contributed by atoms with E-state index in [1.54, 1.807) is 12.1 Å². The van der Waals surface area contributed by atoms with Gasteiger partial charge in [0, 0.05) is 12.7 Å². The van der Waals surface area contributed by atoms with Gasteiger partial charge in [-0.2, -0.15) is 0 Å². The van der Waals surface area contributed by atoms with Crippen LogP contribution in [0.15, 0.2) is 24.3 Å². The second-order valence-electron chi connectivity index (χ2n) is 4.89. The molecule has 0 saturated carbocycles. The fourth-order valence-corrected chi connectivity index (χ4v) is 1.84. The van der Waals surface area contributed by atoms with Gasteiger partial charge >= 0.3 is 12.0 Å². The number of nitrogens with one attached hydrogen (secondary N) is 1. The second kappa shape index (κ2) is 6.27. The first-order valence-corrected chi connectivity index (χ1v) is 6.38. The van der Waals surface area contributed by atoms with Crippen molar-refractivity contribution in [1.29, 1.82) is 0 Å². The summed E-state index contributed by atoms with van der Waals surface area (Å²) in [4.78, 5) is 24.7. The summed E-state index contributed by atoms with van der Waals surface area (Å²) in [5.74, 6) is -0.962. The molecule has 3 N–H and O–H groups in total. The van der Waals surface area contributed by atoms with E-state index in [2.05, 4.69) is 5.32 Å². The molecule has 0 aliphatic rings. The zero-order chi connectivity index (χ0) is 15.3. The van der Waals surface area contributed by atoms with E-state index in [1.807, 2.05) is 6.92 Å². The quantitative estimate of drug-likeness (QED) is 0.771. The Balaban J connectivity index is 2.83. The predicted octanol–water partition coefficient (Wildman–Crippen LogP) is 2.18. The van der Waals surface area contributed by atoms with Gasteiger partial charge in [-0.1, -0.05) is 13.3 Å². The Morgan fingerprint density at radius 1 is 1.30 bits per heavy atom. The molecule has 1 unspecified atom stereocenters. The maximum atomic E-state index is 12.1. The predicted molar refractivity (Wildman–Crippen MR) is 76.0 cm³/mol. The van der Waals surface area contributed by atoms with E-state index in [1.165, 1.54) is 31.0 Å². The molecule has 0 aromatic heterocycles. The van der Waals surface area contributed by atoms with E-state index >= 15 is 0 Å². The Kier molecular flexibility index (Phi) is 4.96. The van der Waals surface area contributed by atoms with Gasteiger partial charge in [-0.25, -0.2) is 9.59 Å². The third-order valence-corrected chi connectivity index (χ3v) is 3.15. The molecule has 0 saturated heterocycles. The maximum absolute atomic E-state index is 12.1. The number of amides is 2. The van der Waals surface area contributed by atoms with Gasteiger partial charge in [0.05, 0.1) is 0 Å². The average Bonchev–Trinajstić information content (AvgIpc) is 2.38. The minimum atomic E-state index is -1.29. The van der Waals surface area contributed by atoms with Crippen LogP contribution in [0.4, 0.5) is 10.5 Å². The Bertz CT molecular complexity index is 486. The van der Waals surface area contributed by atoms with Gasteiger partial charge in [0.15, 0.2) is 0 Å². The van der Waals surface area contributed by atoms with Gasteiger partial charge in [-0.05, 0) is 37.6 Å². The summed E-state index contributed by atoms with van der Waals surface area (Å²) in [7, 11) is 1.54. The minimum Gasteiger partial charge on any atom is -0.508 e. The molecule has 0 aliphatic carbocycles. The number of urea groups is 1. The number of anilines is 1. The van der Waals surface area contributed by atoms with Crippen LogP contribution in [0.25, 0.3) is 0 Å². The van der Waals surface area contributed by atoms with Crippen LogP contribution in [0.2, 0.25) is 0 Å². The lowest BCUT2D eigenvalue weighted by molar-refractivity contribution is -0.144. The molecule has 6 nitrogen and oxygen atoms in total. The highest BCUT2D eigenvalue weighted by atomic mass is 16.4. The third-order valence-electron chi connectivity index (χ3n) is 3.15. The minimum absolute atomic E-state index is 0.101. The largest absolute Gasteiger partial charge is 0.508 e. The lowest BCUT2D eigenvalue weighted by atomic mass is 9.96. The van der Waals surface area contributed by atoms with Crippen LogP contribution >= 0.6 is 0 Å². The monoisotopic (exact) mass is 280 g/mol. The molecule has 0 heterocycles. The lowest BCUT2D eigenvalue weighted by Gasteiger charge is -2.28. The number of phenols is 1. The van der Waals surface area contributed by atoms with Crippen LogP contribution in [0, 0.1) is 0 Å². The molecule has 2 amide bonds. The van der Waals surface area contributed by atoms with Gasteiger partial charge < -0.3 is 15.5 Å². The smallest absolute Gasteiger partial charge is 0.329 e. The molecule has 0 aliphatic heterocycles. The number of phenolic OH excluding ortho intramolecular Hbond substituents is 1. The average molecular weight is 280 g/mol. The normalized spacial score (nSPS) is 13.3. The molecule has 110 valence electrons. The fourth-order valence-electron chi connectivity index (χ4n) is 1.84. The van der Waals surface area contributed by atoms with Gasteiger partial charge in [0.2, 0.25) is 0 Å². The van der Waals surface area contributed by atoms with Crippen molar-refractivity contribution in [3.8, 4) is 5.75 Å². The van der Waals surface area contributed by atoms with Crippen LogP contribution in [0.5, 0.6) is 5.75 Å². The molecule has 6 heteroatoms. The number of carboxylic acid groups (broad SMARTS) is 1. The number of aliphatic carboxylic acids is 1. The number of carbonyl (C=O) groups excluding carboxylic acids is 1. The van der Waals surface area contributed by atoms with Crippen molar-refractivity contribution in [3.05, 3.63) is 24.3 Å². The maximum Gasteiger partial charge on any atom is 0.329 e. The molecule has 0 spiro atoms. The molecule has 0 fully saturated rings. The first-order valence-electron chi connectivity index (χ1n) is 6.38. The van der Waals surface area contributed by atoms with Crippen LogP contribution in [0.1, 0.15) is 26.7 Å². The van der Waals surface area contributed by atoms with Gasteiger partial charge in [-0.15, -0.1) is 0 Å². The van der Waals surface area contributed by atoms with Gasteiger partial charge in [-0.3, -0.25) is 4.90 Å². The van der Waals surface area contributed by atoms with Crippen molar-refractivity contribution in [3.63, 3.8) is 0 Å². The highest BCUT2D eigenvalue weighted by Gasteiger charge is 2.34. The number of carbonyl (C=O) groups is 2. The number of hydrogen-bond acceptors (Lipinski definition) is 3.